The molecule has 1 aromatic carbocycles. The van der Waals surface area contributed by atoms with E-state index in [4.69, 9.17) is 10.5 Å². The van der Waals surface area contributed by atoms with Gasteiger partial charge in [-0.25, -0.2) is 0 Å². The molecule has 2 N–H and O–H groups in total. The summed E-state index contributed by atoms with van der Waals surface area (Å²) >= 11 is 1.63. The van der Waals surface area contributed by atoms with Crippen LogP contribution in [-0.4, -0.2) is 7.11 Å². The van der Waals surface area contributed by atoms with Gasteiger partial charge in [0.25, 0.3) is 0 Å². The van der Waals surface area contributed by atoms with Gasteiger partial charge >= 0.3 is 0 Å². The Kier molecular flexibility index (Phi) is 2.88. The zero-order valence-corrected chi connectivity index (χ0v) is 10.5. The molecular weight excluding hydrogens is 218 g/mol. The molecule has 0 aliphatic carbocycles. The Labute approximate surface area is 99.7 Å². The lowest BCUT2D eigenvalue weighted by atomic mass is 10.0. The topological polar surface area (TPSA) is 35.2 Å². The quantitative estimate of drug-likeness (QED) is 0.859. The SMILES string of the molecule is COc1ccc(-c2cc(C)sc2N)c(C)c1. The smallest absolute Gasteiger partial charge is 0.119 e. The van der Waals surface area contributed by atoms with E-state index in [1.54, 1.807) is 18.4 Å². The second-order valence-electron chi connectivity index (χ2n) is 3.82. The van der Waals surface area contributed by atoms with Crippen molar-refractivity contribution in [1.82, 2.24) is 0 Å². The van der Waals surface area contributed by atoms with Crippen LogP contribution in [0.2, 0.25) is 0 Å². The van der Waals surface area contributed by atoms with Crippen molar-refractivity contribution in [1.29, 1.82) is 0 Å². The predicted octanol–water partition coefficient (Wildman–Crippen LogP) is 3.62. The van der Waals surface area contributed by atoms with Gasteiger partial charge < -0.3 is 10.5 Å². The van der Waals surface area contributed by atoms with Gasteiger partial charge in [-0.3, -0.25) is 0 Å². The molecule has 0 spiro atoms. The Morgan fingerprint density at radius 2 is 1.88 bits per heavy atom. The first-order valence-electron chi connectivity index (χ1n) is 5.12. The summed E-state index contributed by atoms with van der Waals surface area (Å²) in [5.74, 6) is 0.881. The zero-order valence-electron chi connectivity index (χ0n) is 9.70. The molecule has 0 saturated carbocycles. The minimum atomic E-state index is 0.880. The van der Waals surface area contributed by atoms with E-state index in [1.165, 1.54) is 16.0 Å². The zero-order chi connectivity index (χ0) is 11.7. The van der Waals surface area contributed by atoms with Crippen molar-refractivity contribution < 1.29 is 4.74 Å². The molecular formula is C13H15NOS. The summed E-state index contributed by atoms with van der Waals surface area (Å²) in [5.41, 5.74) is 9.49. The minimum absolute atomic E-state index is 0.880. The summed E-state index contributed by atoms with van der Waals surface area (Å²) in [6.45, 7) is 4.15. The fraction of sp³-hybridized carbons (Fsp3) is 0.231. The molecule has 2 nitrogen and oxygen atoms in total. The first kappa shape index (κ1) is 11.0. The van der Waals surface area contributed by atoms with E-state index in [1.807, 2.05) is 12.1 Å². The van der Waals surface area contributed by atoms with Crippen LogP contribution in [0, 0.1) is 13.8 Å². The number of thiophene rings is 1. The first-order valence-corrected chi connectivity index (χ1v) is 5.94. The number of hydrogen-bond acceptors (Lipinski definition) is 3. The molecule has 0 bridgehead atoms. The van der Waals surface area contributed by atoms with Gasteiger partial charge in [-0.15, -0.1) is 11.3 Å². The van der Waals surface area contributed by atoms with Gasteiger partial charge in [0.1, 0.15) is 5.75 Å². The molecule has 1 heterocycles. The van der Waals surface area contributed by atoms with E-state index in [2.05, 4.69) is 26.0 Å². The highest BCUT2D eigenvalue weighted by atomic mass is 32.1. The molecule has 0 aliphatic rings. The van der Waals surface area contributed by atoms with Gasteiger partial charge in [-0.2, -0.15) is 0 Å². The number of nitrogen functional groups attached to an aromatic ring is 1. The Balaban J connectivity index is 2.52. The van der Waals surface area contributed by atoms with Crippen molar-refractivity contribution in [3.8, 4) is 16.9 Å². The molecule has 0 aliphatic heterocycles. The maximum absolute atomic E-state index is 6.00. The number of nitrogens with two attached hydrogens (primary N) is 1. The molecule has 0 amide bonds. The van der Waals surface area contributed by atoms with Crippen molar-refractivity contribution in [2.24, 2.45) is 0 Å². The second-order valence-corrected chi connectivity index (χ2v) is 5.10. The number of ether oxygens (including phenoxy) is 1. The number of hydrogen-bond donors (Lipinski definition) is 1. The van der Waals surface area contributed by atoms with Gasteiger partial charge in [0.2, 0.25) is 0 Å². The van der Waals surface area contributed by atoms with Crippen LogP contribution in [0.25, 0.3) is 11.1 Å². The third-order valence-electron chi connectivity index (χ3n) is 2.61. The molecule has 0 atom stereocenters. The average Bonchev–Trinajstić information content (AvgIpc) is 2.57. The number of rotatable bonds is 2. The van der Waals surface area contributed by atoms with Gasteiger partial charge in [-0.1, -0.05) is 6.07 Å². The summed E-state index contributed by atoms with van der Waals surface area (Å²) in [7, 11) is 1.68. The van der Waals surface area contributed by atoms with Crippen LogP contribution in [-0.2, 0) is 0 Å². The Morgan fingerprint density at radius 1 is 1.12 bits per heavy atom. The Hall–Kier alpha value is -1.48. The van der Waals surface area contributed by atoms with E-state index in [-0.39, 0.29) is 0 Å². The summed E-state index contributed by atoms with van der Waals surface area (Å²) in [6.07, 6.45) is 0. The summed E-state index contributed by atoms with van der Waals surface area (Å²) < 4.78 is 5.19. The van der Waals surface area contributed by atoms with E-state index in [9.17, 15) is 0 Å². The van der Waals surface area contributed by atoms with E-state index in [0.717, 1.165) is 16.3 Å². The first-order chi connectivity index (χ1) is 7.61. The number of aryl methyl sites for hydroxylation is 2. The van der Waals surface area contributed by atoms with Gasteiger partial charge in [0, 0.05) is 10.4 Å². The van der Waals surface area contributed by atoms with Crippen LogP contribution in [0.1, 0.15) is 10.4 Å². The molecule has 1 aromatic heterocycles. The van der Waals surface area contributed by atoms with E-state index < -0.39 is 0 Å². The standard InChI is InChI=1S/C13H15NOS/c1-8-6-10(15-3)4-5-11(8)12-7-9(2)16-13(12)14/h4-7H,14H2,1-3H3. The normalized spacial score (nSPS) is 10.4. The molecule has 16 heavy (non-hydrogen) atoms. The van der Waals surface area contributed by atoms with Crippen molar-refractivity contribution in [2.45, 2.75) is 13.8 Å². The maximum atomic E-state index is 6.00. The molecule has 0 fully saturated rings. The predicted molar refractivity (Wildman–Crippen MR) is 70.2 cm³/mol. The number of anilines is 1. The number of benzene rings is 1. The van der Waals surface area contributed by atoms with Gasteiger partial charge in [0.15, 0.2) is 0 Å². The highest BCUT2D eigenvalue weighted by molar-refractivity contribution is 7.16. The molecule has 0 unspecified atom stereocenters. The summed E-state index contributed by atoms with van der Waals surface area (Å²) in [5, 5.41) is 0.880. The molecule has 3 heteroatoms. The van der Waals surface area contributed by atoms with E-state index >= 15 is 0 Å². The van der Waals surface area contributed by atoms with Crippen LogP contribution in [0.4, 0.5) is 5.00 Å². The van der Waals surface area contributed by atoms with Crippen molar-refractivity contribution >= 4 is 16.3 Å². The van der Waals surface area contributed by atoms with Crippen LogP contribution in [0.3, 0.4) is 0 Å². The van der Waals surface area contributed by atoms with Crippen molar-refractivity contribution in [2.75, 3.05) is 12.8 Å². The Bertz CT molecular complexity index is 517. The third kappa shape index (κ3) is 1.91. The molecule has 84 valence electrons. The monoisotopic (exact) mass is 233 g/mol. The summed E-state index contributed by atoms with van der Waals surface area (Å²) in [6, 6.07) is 8.19. The van der Waals surface area contributed by atoms with Crippen LogP contribution < -0.4 is 10.5 Å². The van der Waals surface area contributed by atoms with Crippen LogP contribution >= 0.6 is 11.3 Å². The molecule has 0 radical (unpaired) electrons. The molecule has 0 saturated heterocycles. The Morgan fingerprint density at radius 3 is 2.38 bits per heavy atom. The number of methoxy groups -OCH3 is 1. The van der Waals surface area contributed by atoms with Gasteiger partial charge in [-0.05, 0) is 43.2 Å². The summed E-state index contributed by atoms with van der Waals surface area (Å²) in [4.78, 5) is 1.24. The highest BCUT2D eigenvalue weighted by Crippen LogP contribution is 2.36. The molecule has 2 aromatic rings. The van der Waals surface area contributed by atoms with Crippen molar-refractivity contribution in [3.05, 3.63) is 34.7 Å². The highest BCUT2D eigenvalue weighted by Gasteiger charge is 2.09. The lowest BCUT2D eigenvalue weighted by Crippen LogP contribution is -1.89. The fourth-order valence-electron chi connectivity index (χ4n) is 1.81. The van der Waals surface area contributed by atoms with Crippen LogP contribution in [0.5, 0.6) is 5.75 Å². The third-order valence-corrected chi connectivity index (χ3v) is 3.49. The van der Waals surface area contributed by atoms with Gasteiger partial charge in [0.05, 0.1) is 12.1 Å². The lowest BCUT2D eigenvalue weighted by molar-refractivity contribution is 0.414. The second kappa shape index (κ2) is 4.18. The maximum Gasteiger partial charge on any atom is 0.119 e. The average molecular weight is 233 g/mol. The van der Waals surface area contributed by atoms with Crippen molar-refractivity contribution in [3.63, 3.8) is 0 Å². The van der Waals surface area contributed by atoms with E-state index in [0.29, 0.717) is 0 Å². The largest absolute Gasteiger partial charge is 0.497 e. The lowest BCUT2D eigenvalue weighted by Gasteiger charge is -2.07. The molecule has 2 rings (SSSR count). The fourth-order valence-corrected chi connectivity index (χ4v) is 2.61. The van der Waals surface area contributed by atoms with Crippen LogP contribution in [0.15, 0.2) is 24.3 Å². The minimum Gasteiger partial charge on any atom is -0.497 e.